The van der Waals surface area contributed by atoms with E-state index in [1.807, 2.05) is 42.2 Å². The molecule has 0 aliphatic carbocycles. The average Bonchev–Trinajstić information content (AvgIpc) is 3.06. The number of imidazole rings is 1. The lowest BCUT2D eigenvalue weighted by atomic mass is 10.1. The molecule has 1 heterocycles. The molecular weight excluding hydrogens is 288 g/mol. The normalized spacial score (nSPS) is 11.7. The standard InChI is InChI=1S/C18H26N4O/c1-4-22(5-2)16-7-8-17(18(23)13-16)15(3)20-9-6-11-21-12-10-19-14-21/h7-8,10,12-14,23H,4-6,9,11H2,1-3H3/b20-15-. The van der Waals surface area contributed by atoms with Gasteiger partial charge < -0.3 is 14.6 Å². The van der Waals surface area contributed by atoms with E-state index in [1.54, 1.807) is 6.20 Å². The van der Waals surface area contributed by atoms with Crippen molar-refractivity contribution in [2.24, 2.45) is 4.99 Å². The highest BCUT2D eigenvalue weighted by Crippen LogP contribution is 2.25. The second kappa shape index (κ2) is 8.36. The van der Waals surface area contributed by atoms with Crippen molar-refractivity contribution in [3.05, 3.63) is 42.5 Å². The molecule has 5 nitrogen and oxygen atoms in total. The van der Waals surface area contributed by atoms with Gasteiger partial charge in [-0.2, -0.15) is 0 Å². The van der Waals surface area contributed by atoms with E-state index in [1.165, 1.54) is 0 Å². The molecule has 0 aliphatic heterocycles. The SMILES string of the molecule is CCN(CC)c1ccc(/C(C)=N\CCCn2ccnc2)c(O)c1. The highest BCUT2D eigenvalue weighted by Gasteiger charge is 2.08. The van der Waals surface area contributed by atoms with Crippen molar-refractivity contribution in [1.29, 1.82) is 0 Å². The van der Waals surface area contributed by atoms with Crippen LogP contribution in [-0.4, -0.2) is 40.0 Å². The van der Waals surface area contributed by atoms with Gasteiger partial charge >= 0.3 is 0 Å². The maximum Gasteiger partial charge on any atom is 0.126 e. The first-order valence-corrected chi connectivity index (χ1v) is 8.20. The van der Waals surface area contributed by atoms with Crippen LogP contribution >= 0.6 is 0 Å². The second-order valence-corrected chi connectivity index (χ2v) is 5.49. The quantitative estimate of drug-likeness (QED) is 0.600. The average molecular weight is 314 g/mol. The van der Waals surface area contributed by atoms with E-state index in [0.717, 1.165) is 49.6 Å². The summed E-state index contributed by atoms with van der Waals surface area (Å²) in [5.41, 5.74) is 2.73. The van der Waals surface area contributed by atoms with Crippen molar-refractivity contribution in [3.63, 3.8) is 0 Å². The summed E-state index contributed by atoms with van der Waals surface area (Å²) in [5, 5.41) is 10.3. The molecule has 1 N–H and O–H groups in total. The van der Waals surface area contributed by atoms with Gasteiger partial charge in [0.05, 0.1) is 6.33 Å². The molecule has 0 saturated heterocycles. The van der Waals surface area contributed by atoms with Crippen LogP contribution in [0.5, 0.6) is 5.75 Å². The largest absolute Gasteiger partial charge is 0.507 e. The number of nitrogens with zero attached hydrogens (tertiary/aromatic N) is 4. The van der Waals surface area contributed by atoms with Crippen LogP contribution in [0.15, 0.2) is 41.9 Å². The lowest BCUT2D eigenvalue weighted by molar-refractivity contribution is 0.474. The molecule has 0 saturated carbocycles. The fraction of sp³-hybridized carbons (Fsp3) is 0.444. The van der Waals surface area contributed by atoms with Crippen LogP contribution in [0.1, 0.15) is 32.8 Å². The summed E-state index contributed by atoms with van der Waals surface area (Å²) in [5.74, 6) is 0.297. The predicted molar refractivity (Wildman–Crippen MR) is 95.6 cm³/mol. The molecule has 0 aliphatic rings. The van der Waals surface area contributed by atoms with Crippen LogP contribution < -0.4 is 4.90 Å². The number of phenolic OH excluding ortho intramolecular Hbond substituents is 1. The molecule has 0 radical (unpaired) electrons. The van der Waals surface area contributed by atoms with Gasteiger partial charge in [0.1, 0.15) is 5.75 Å². The molecule has 0 amide bonds. The highest BCUT2D eigenvalue weighted by atomic mass is 16.3. The third-order valence-corrected chi connectivity index (χ3v) is 3.98. The van der Waals surface area contributed by atoms with Crippen LogP contribution in [0.25, 0.3) is 0 Å². The topological polar surface area (TPSA) is 53.7 Å². The Labute approximate surface area is 138 Å². The van der Waals surface area contributed by atoms with Crippen molar-refractivity contribution < 1.29 is 5.11 Å². The number of rotatable bonds is 8. The molecule has 2 rings (SSSR count). The number of phenols is 1. The Morgan fingerprint density at radius 3 is 2.70 bits per heavy atom. The number of benzene rings is 1. The second-order valence-electron chi connectivity index (χ2n) is 5.49. The summed E-state index contributed by atoms with van der Waals surface area (Å²) in [6.45, 7) is 9.67. The molecule has 0 bridgehead atoms. The zero-order chi connectivity index (χ0) is 16.7. The zero-order valence-corrected chi connectivity index (χ0v) is 14.2. The van der Waals surface area contributed by atoms with Crippen molar-refractivity contribution in [1.82, 2.24) is 9.55 Å². The fourth-order valence-electron chi connectivity index (χ4n) is 2.62. The van der Waals surface area contributed by atoms with E-state index < -0.39 is 0 Å². The van der Waals surface area contributed by atoms with Crippen molar-refractivity contribution in [2.45, 2.75) is 33.7 Å². The van der Waals surface area contributed by atoms with Gasteiger partial charge in [-0.3, -0.25) is 4.99 Å². The Morgan fingerprint density at radius 1 is 1.30 bits per heavy atom. The number of aliphatic imine (C=N–C) groups is 1. The van der Waals surface area contributed by atoms with Crippen molar-refractivity contribution in [2.75, 3.05) is 24.5 Å². The lowest BCUT2D eigenvalue weighted by Crippen LogP contribution is -2.21. The summed E-state index contributed by atoms with van der Waals surface area (Å²) in [7, 11) is 0. The number of anilines is 1. The number of aromatic nitrogens is 2. The van der Waals surface area contributed by atoms with Crippen molar-refractivity contribution in [3.8, 4) is 5.75 Å². The zero-order valence-electron chi connectivity index (χ0n) is 14.2. The predicted octanol–water partition coefficient (Wildman–Crippen LogP) is 3.33. The van der Waals surface area contributed by atoms with Gasteiger partial charge in [-0.1, -0.05) is 0 Å². The smallest absolute Gasteiger partial charge is 0.126 e. The molecule has 0 atom stereocenters. The summed E-state index contributed by atoms with van der Waals surface area (Å²) < 4.78 is 2.04. The molecule has 124 valence electrons. The van der Waals surface area contributed by atoms with Gasteiger partial charge in [0.25, 0.3) is 0 Å². The van der Waals surface area contributed by atoms with E-state index in [4.69, 9.17) is 0 Å². The van der Waals surface area contributed by atoms with Crippen LogP contribution in [0.3, 0.4) is 0 Å². The number of hydrogen-bond donors (Lipinski definition) is 1. The number of hydrogen-bond acceptors (Lipinski definition) is 4. The Bertz CT molecular complexity index is 630. The van der Waals surface area contributed by atoms with E-state index in [-0.39, 0.29) is 0 Å². The summed E-state index contributed by atoms with van der Waals surface area (Å²) in [6.07, 6.45) is 6.50. The Kier molecular flexibility index (Phi) is 6.20. The van der Waals surface area contributed by atoms with Crippen LogP contribution in [0.4, 0.5) is 5.69 Å². The molecule has 2 aromatic rings. The van der Waals surface area contributed by atoms with Crippen LogP contribution in [0, 0.1) is 0 Å². The summed E-state index contributed by atoms with van der Waals surface area (Å²) in [6, 6.07) is 5.83. The monoisotopic (exact) mass is 314 g/mol. The minimum absolute atomic E-state index is 0.297. The first-order chi connectivity index (χ1) is 11.2. The Hall–Kier alpha value is -2.30. The summed E-state index contributed by atoms with van der Waals surface area (Å²) >= 11 is 0. The van der Waals surface area contributed by atoms with Crippen LogP contribution in [-0.2, 0) is 6.54 Å². The highest BCUT2D eigenvalue weighted by molar-refractivity contribution is 6.01. The minimum Gasteiger partial charge on any atom is -0.507 e. The van der Waals surface area contributed by atoms with E-state index in [2.05, 4.69) is 28.7 Å². The van der Waals surface area contributed by atoms with Gasteiger partial charge in [-0.25, -0.2) is 4.98 Å². The third-order valence-electron chi connectivity index (χ3n) is 3.98. The molecule has 1 aromatic carbocycles. The minimum atomic E-state index is 0.297. The van der Waals surface area contributed by atoms with E-state index in [9.17, 15) is 5.11 Å². The fourth-order valence-corrected chi connectivity index (χ4v) is 2.62. The van der Waals surface area contributed by atoms with Gasteiger partial charge in [0.15, 0.2) is 0 Å². The lowest BCUT2D eigenvalue weighted by Gasteiger charge is -2.21. The summed E-state index contributed by atoms with van der Waals surface area (Å²) in [4.78, 5) is 10.8. The van der Waals surface area contributed by atoms with E-state index >= 15 is 0 Å². The molecule has 0 spiro atoms. The molecule has 0 fully saturated rings. The third kappa shape index (κ3) is 4.58. The van der Waals surface area contributed by atoms with Gasteiger partial charge in [0.2, 0.25) is 0 Å². The maximum atomic E-state index is 10.3. The molecular formula is C18H26N4O. The van der Waals surface area contributed by atoms with Crippen LogP contribution in [0.2, 0.25) is 0 Å². The first-order valence-electron chi connectivity index (χ1n) is 8.20. The van der Waals surface area contributed by atoms with Gasteiger partial charge in [0, 0.05) is 61.6 Å². The number of aromatic hydroxyl groups is 1. The molecule has 23 heavy (non-hydrogen) atoms. The van der Waals surface area contributed by atoms with E-state index in [0.29, 0.717) is 5.75 Å². The molecule has 0 unspecified atom stereocenters. The Morgan fingerprint density at radius 2 is 2.09 bits per heavy atom. The molecule has 5 heteroatoms. The first kappa shape index (κ1) is 17.1. The van der Waals surface area contributed by atoms with Gasteiger partial charge in [-0.05, 0) is 39.3 Å². The van der Waals surface area contributed by atoms with Crippen molar-refractivity contribution >= 4 is 11.4 Å². The van der Waals surface area contributed by atoms with Gasteiger partial charge in [-0.15, -0.1) is 0 Å². The number of aryl methyl sites for hydroxylation is 1. The Balaban J connectivity index is 1.98. The maximum absolute atomic E-state index is 10.3. The molecule has 1 aromatic heterocycles.